The van der Waals surface area contributed by atoms with Gasteiger partial charge in [-0.2, -0.15) is 0 Å². The number of anilines is 1. The highest BCUT2D eigenvalue weighted by atomic mass is 35.5. The van der Waals surface area contributed by atoms with Crippen LogP contribution >= 0.6 is 11.6 Å². The number of hydrogen-bond acceptors (Lipinski definition) is 11. The molecule has 260 valence electrons. The van der Waals surface area contributed by atoms with Gasteiger partial charge in [0.2, 0.25) is 5.78 Å². The minimum atomic E-state index is -2.79. The second-order valence-corrected chi connectivity index (χ2v) is 20.2. The highest BCUT2D eigenvalue weighted by Gasteiger charge is 2.70. The minimum absolute atomic E-state index is 0.0245. The molecule has 0 aromatic carbocycles. The first-order valence-electron chi connectivity index (χ1n) is 16.9. The molecule has 47 heavy (non-hydrogen) atoms. The quantitative estimate of drug-likeness (QED) is 0.156. The number of aliphatic hydroxyl groups excluding tert-OH is 1. The van der Waals surface area contributed by atoms with Gasteiger partial charge in [-0.3, -0.25) is 14.5 Å². The van der Waals surface area contributed by atoms with E-state index in [0.717, 1.165) is 25.7 Å². The molecule has 0 amide bonds. The number of carbonyl (C=O) groups excluding carboxylic acids is 2. The van der Waals surface area contributed by atoms with Crippen LogP contribution in [0.15, 0.2) is 4.52 Å². The zero-order chi connectivity index (χ0) is 34.6. The average Bonchev–Trinajstić information content (AvgIpc) is 3.39. The van der Waals surface area contributed by atoms with Gasteiger partial charge in [-0.15, -0.1) is 0 Å². The third kappa shape index (κ3) is 5.81. The van der Waals surface area contributed by atoms with Gasteiger partial charge in [-0.25, -0.2) is 4.98 Å². The second kappa shape index (κ2) is 13.1. The summed E-state index contributed by atoms with van der Waals surface area (Å²) in [6.45, 7) is 15.2. The average molecular weight is 691 g/mol. The van der Waals surface area contributed by atoms with Crippen LogP contribution in [0.4, 0.5) is 5.82 Å². The Morgan fingerprint density at radius 3 is 2.34 bits per heavy atom. The Bertz CT molecular complexity index is 1520. The summed E-state index contributed by atoms with van der Waals surface area (Å²) in [5.74, 6) is -2.05. The number of hydrogen-bond donors (Lipinski definition) is 2. The fourth-order valence-corrected chi connectivity index (χ4v) is 9.18. The molecule has 2 aromatic rings. The van der Waals surface area contributed by atoms with Crippen molar-refractivity contribution in [1.29, 1.82) is 0 Å². The number of halogens is 1. The number of nitrogens with two attached hydrogens (primary N) is 1. The van der Waals surface area contributed by atoms with Gasteiger partial charge in [0.05, 0.1) is 30.7 Å². The fraction of sp³-hybridized carbons (Fsp3) is 0.706. The number of carbonyl (C=O) groups is 2. The first-order chi connectivity index (χ1) is 22.0. The van der Waals surface area contributed by atoms with Gasteiger partial charge in [0.1, 0.15) is 16.8 Å². The summed E-state index contributed by atoms with van der Waals surface area (Å²) in [6.07, 6.45) is 2.55. The molecule has 0 bridgehead atoms. The van der Waals surface area contributed by atoms with E-state index in [1.54, 1.807) is 0 Å². The first kappa shape index (κ1) is 35.8. The van der Waals surface area contributed by atoms with Gasteiger partial charge in [-0.1, -0.05) is 59.1 Å². The third-order valence-corrected chi connectivity index (χ3v) is 15.6. The minimum Gasteiger partial charge on any atom is -0.489 e. The van der Waals surface area contributed by atoms with Gasteiger partial charge in [0.25, 0.3) is 5.88 Å². The predicted molar refractivity (Wildman–Crippen MR) is 182 cm³/mol. The van der Waals surface area contributed by atoms with E-state index in [9.17, 15) is 9.90 Å². The van der Waals surface area contributed by atoms with Crippen LogP contribution < -0.4 is 15.2 Å². The summed E-state index contributed by atoms with van der Waals surface area (Å²) in [7, 11) is 1.03. The molecule has 0 radical (unpaired) electrons. The Hall–Kier alpha value is -2.51. The van der Waals surface area contributed by atoms with Crippen molar-refractivity contribution in [2.45, 2.75) is 109 Å². The molecule has 0 aliphatic heterocycles. The van der Waals surface area contributed by atoms with Crippen molar-refractivity contribution >= 4 is 37.3 Å². The standard InChI is InChI=1S/C34H51ClN4O7Si/c1-10-12-14-43-27-22-19(30(35)37-31(27)36)16-18-17-20-24(39(6)7)26-23(32(38-45-26)44-15-13-11-2)29(42)34(20,28(41)21(18)25(22)40)46-47(8,9)33(3,4)5/h18,20-21,24,28,41H,10-17H2,1-9H3,(H2,36,37)/t18-,20-,21?,24-,28?,34-/m0/s1. The van der Waals surface area contributed by atoms with Crippen LogP contribution in [0.25, 0.3) is 0 Å². The Balaban J connectivity index is 1.72. The molecule has 1 fully saturated rings. The lowest BCUT2D eigenvalue weighted by Gasteiger charge is -2.59. The van der Waals surface area contributed by atoms with Crippen molar-refractivity contribution in [2.75, 3.05) is 33.0 Å². The molecular formula is C34H51ClN4O7Si. The van der Waals surface area contributed by atoms with Crippen LogP contribution in [-0.2, 0) is 10.8 Å². The second-order valence-electron chi connectivity index (χ2n) is 15.1. The van der Waals surface area contributed by atoms with Crippen LogP contribution in [0.1, 0.15) is 105 Å². The van der Waals surface area contributed by atoms with Crippen molar-refractivity contribution in [3.63, 3.8) is 0 Å². The lowest BCUT2D eigenvalue weighted by atomic mass is 9.53. The number of ether oxygens (including phenoxy) is 2. The van der Waals surface area contributed by atoms with E-state index < -0.39 is 43.7 Å². The molecule has 2 heterocycles. The first-order valence-corrected chi connectivity index (χ1v) is 20.2. The Labute approximate surface area is 284 Å². The highest BCUT2D eigenvalue weighted by Crippen LogP contribution is 2.60. The topological polar surface area (TPSA) is 150 Å². The number of nitrogens with zero attached hydrogens (tertiary/aromatic N) is 3. The molecule has 11 nitrogen and oxygen atoms in total. The fourth-order valence-electron chi connectivity index (χ4n) is 7.40. The van der Waals surface area contributed by atoms with Crippen LogP contribution in [0, 0.1) is 17.8 Å². The van der Waals surface area contributed by atoms with Crippen molar-refractivity contribution < 1.29 is 33.1 Å². The van der Waals surface area contributed by atoms with Gasteiger partial charge < -0.3 is 29.3 Å². The number of pyridine rings is 1. The summed E-state index contributed by atoms with van der Waals surface area (Å²) in [6, 6.07) is -0.497. The number of ketones is 2. The molecule has 3 aliphatic carbocycles. The van der Waals surface area contributed by atoms with E-state index in [1.807, 2.05) is 32.8 Å². The maximum atomic E-state index is 15.2. The van der Waals surface area contributed by atoms with Crippen LogP contribution in [-0.4, -0.2) is 79.0 Å². The van der Waals surface area contributed by atoms with Crippen LogP contribution in [0.3, 0.4) is 0 Å². The number of aromatic nitrogens is 2. The maximum absolute atomic E-state index is 15.2. The van der Waals surface area contributed by atoms with E-state index in [2.05, 4.69) is 44.0 Å². The molecule has 2 aromatic heterocycles. The zero-order valence-electron chi connectivity index (χ0n) is 29.2. The normalized spacial score (nSPS) is 27.3. The zero-order valence-corrected chi connectivity index (χ0v) is 31.0. The molecule has 0 saturated heterocycles. The van der Waals surface area contributed by atoms with E-state index in [1.165, 1.54) is 0 Å². The van der Waals surface area contributed by atoms with E-state index in [-0.39, 0.29) is 50.5 Å². The van der Waals surface area contributed by atoms with Crippen molar-refractivity contribution in [2.24, 2.45) is 17.8 Å². The largest absolute Gasteiger partial charge is 0.489 e. The van der Waals surface area contributed by atoms with Gasteiger partial charge in [-0.05, 0) is 69.0 Å². The predicted octanol–water partition coefficient (Wildman–Crippen LogP) is 6.27. The summed E-state index contributed by atoms with van der Waals surface area (Å²) in [5, 5.41) is 16.8. The number of aliphatic hydroxyl groups is 1. The Morgan fingerprint density at radius 1 is 1.11 bits per heavy atom. The molecule has 13 heteroatoms. The third-order valence-electron chi connectivity index (χ3n) is 10.8. The lowest BCUT2D eigenvalue weighted by Crippen LogP contribution is -2.72. The molecule has 0 spiro atoms. The molecule has 3 aliphatic rings. The van der Waals surface area contributed by atoms with Crippen molar-refractivity contribution in [3.05, 3.63) is 27.6 Å². The summed E-state index contributed by atoms with van der Waals surface area (Å²) < 4.78 is 25.2. The summed E-state index contributed by atoms with van der Waals surface area (Å²) in [4.78, 5) is 36.3. The highest BCUT2D eigenvalue weighted by molar-refractivity contribution is 6.74. The Morgan fingerprint density at radius 2 is 1.74 bits per heavy atom. The van der Waals surface area contributed by atoms with Crippen molar-refractivity contribution in [3.8, 4) is 11.6 Å². The number of Topliss-reactive ketones (excluding diaryl/α,β-unsaturated/α-hetero) is 2. The number of nitrogen functional groups attached to an aromatic ring is 1. The van der Waals surface area contributed by atoms with Gasteiger partial charge in [0, 0.05) is 11.5 Å². The van der Waals surface area contributed by atoms with Crippen molar-refractivity contribution in [1.82, 2.24) is 15.0 Å². The van der Waals surface area contributed by atoms with Crippen LogP contribution in [0.5, 0.6) is 11.6 Å². The molecule has 6 atom stereocenters. The van der Waals surface area contributed by atoms with Gasteiger partial charge in [0.15, 0.2) is 37.0 Å². The Kier molecular flexibility index (Phi) is 9.95. The van der Waals surface area contributed by atoms with Crippen LogP contribution in [0.2, 0.25) is 23.3 Å². The molecule has 3 N–H and O–H groups in total. The monoisotopic (exact) mass is 690 g/mol. The number of fused-ring (bicyclic) bond motifs is 4. The maximum Gasteiger partial charge on any atom is 0.265 e. The number of rotatable bonds is 11. The van der Waals surface area contributed by atoms with Gasteiger partial charge >= 0.3 is 0 Å². The number of unbranched alkanes of at least 4 members (excludes halogenated alkanes) is 2. The SMILES string of the molecule is CCCCOc1noc2c1C(=O)[C@@]1(O[Si](C)(C)C(C)(C)C)C(O)C3C(=O)c4c(c(Cl)nc(N)c4OCCCC)C[C@H]3C[C@H]1[C@@H]2N(C)C. The molecular weight excluding hydrogens is 640 g/mol. The van der Waals surface area contributed by atoms with E-state index >= 15 is 4.79 Å². The molecule has 1 saturated carbocycles. The molecule has 2 unspecified atom stereocenters. The smallest absolute Gasteiger partial charge is 0.265 e. The lowest BCUT2D eigenvalue weighted by molar-refractivity contribution is -0.151. The summed E-state index contributed by atoms with van der Waals surface area (Å²) in [5.41, 5.74) is 5.48. The molecule has 5 rings (SSSR count). The van der Waals surface area contributed by atoms with E-state index in [0.29, 0.717) is 37.4 Å². The van der Waals surface area contributed by atoms with E-state index in [4.69, 9.17) is 35.8 Å². The summed E-state index contributed by atoms with van der Waals surface area (Å²) >= 11 is 6.66.